The van der Waals surface area contributed by atoms with Crippen LogP contribution in [-0.2, 0) is 0 Å². The minimum Gasteiger partial charge on any atom is -0.388 e. The number of aliphatic hydroxyl groups is 1. The average Bonchev–Trinajstić information content (AvgIpc) is 2.27. The van der Waals surface area contributed by atoms with Crippen LogP contribution < -0.4 is 0 Å². The molecule has 0 aromatic heterocycles. The Morgan fingerprint density at radius 2 is 2.28 bits per heavy atom. The number of likely N-dealkylation sites (tertiary alicyclic amines) is 1. The fourth-order valence-corrected chi connectivity index (χ4v) is 2.75. The smallest absolute Gasteiger partial charge is 0.255 e. The lowest BCUT2D eigenvalue weighted by Crippen LogP contribution is -2.48. The Balaban J connectivity index is 2.20. The number of benzene rings is 1. The first-order valence-corrected chi connectivity index (χ1v) is 6.65. The summed E-state index contributed by atoms with van der Waals surface area (Å²) in [6, 6.07) is 4.00. The van der Waals surface area contributed by atoms with E-state index in [-0.39, 0.29) is 11.7 Å². The fraction of sp³-hybridized carbons (Fsp3) is 0.462. The van der Waals surface area contributed by atoms with Crippen LogP contribution in [0.1, 0.15) is 30.1 Å². The number of nitrogens with zero attached hydrogens (tertiary/aromatic N) is 1. The van der Waals surface area contributed by atoms with Crippen molar-refractivity contribution in [2.75, 3.05) is 13.1 Å². The molecule has 0 bridgehead atoms. The molecule has 1 N–H and O–H groups in total. The van der Waals surface area contributed by atoms with Crippen molar-refractivity contribution in [3.05, 3.63) is 34.1 Å². The van der Waals surface area contributed by atoms with Gasteiger partial charge in [0.25, 0.3) is 5.91 Å². The van der Waals surface area contributed by atoms with Gasteiger partial charge in [-0.3, -0.25) is 4.79 Å². The summed E-state index contributed by atoms with van der Waals surface area (Å²) in [5.74, 6) is -0.564. The standard InChI is InChI=1S/C13H15BrFNO2/c1-13(18)5-2-6-16(8-13)12(17)10-4-3-9(15)7-11(10)14/h3-4,7,18H,2,5-6,8H2,1H3. The van der Waals surface area contributed by atoms with E-state index >= 15 is 0 Å². The molecule has 1 unspecified atom stereocenters. The van der Waals surface area contributed by atoms with Gasteiger partial charge in [-0.2, -0.15) is 0 Å². The molecule has 0 spiro atoms. The summed E-state index contributed by atoms with van der Waals surface area (Å²) in [4.78, 5) is 13.9. The zero-order valence-electron chi connectivity index (χ0n) is 10.1. The predicted molar refractivity (Wildman–Crippen MR) is 69.9 cm³/mol. The zero-order valence-corrected chi connectivity index (χ0v) is 11.7. The minimum absolute atomic E-state index is 0.179. The van der Waals surface area contributed by atoms with Crippen LogP contribution in [0.25, 0.3) is 0 Å². The van der Waals surface area contributed by atoms with Crippen molar-refractivity contribution in [2.24, 2.45) is 0 Å². The molecule has 1 amide bonds. The highest BCUT2D eigenvalue weighted by molar-refractivity contribution is 9.10. The van der Waals surface area contributed by atoms with E-state index in [2.05, 4.69) is 15.9 Å². The molecule has 1 atom stereocenters. The van der Waals surface area contributed by atoms with Gasteiger partial charge >= 0.3 is 0 Å². The highest BCUT2D eigenvalue weighted by Crippen LogP contribution is 2.25. The maximum atomic E-state index is 13.0. The topological polar surface area (TPSA) is 40.5 Å². The summed E-state index contributed by atoms with van der Waals surface area (Å²) < 4.78 is 13.4. The maximum absolute atomic E-state index is 13.0. The molecule has 1 aromatic carbocycles. The summed E-state index contributed by atoms with van der Waals surface area (Å²) in [6.45, 7) is 2.67. The van der Waals surface area contributed by atoms with Gasteiger partial charge in [-0.15, -0.1) is 0 Å². The third kappa shape index (κ3) is 2.90. The largest absolute Gasteiger partial charge is 0.388 e. The minimum atomic E-state index is -0.833. The van der Waals surface area contributed by atoms with Crippen LogP contribution in [0.3, 0.4) is 0 Å². The van der Waals surface area contributed by atoms with Crippen LogP contribution in [0, 0.1) is 5.82 Å². The van der Waals surface area contributed by atoms with Crippen molar-refractivity contribution < 1.29 is 14.3 Å². The molecule has 1 aliphatic heterocycles. The van der Waals surface area contributed by atoms with Gasteiger partial charge in [0, 0.05) is 17.6 Å². The van der Waals surface area contributed by atoms with E-state index < -0.39 is 5.60 Å². The molecule has 1 fully saturated rings. The van der Waals surface area contributed by atoms with Crippen LogP contribution >= 0.6 is 15.9 Å². The van der Waals surface area contributed by atoms with Crippen molar-refractivity contribution in [3.63, 3.8) is 0 Å². The number of hydrogen-bond acceptors (Lipinski definition) is 2. The Kier molecular flexibility index (Phi) is 3.73. The molecule has 0 radical (unpaired) electrons. The average molecular weight is 316 g/mol. The van der Waals surface area contributed by atoms with Crippen LogP contribution in [0.2, 0.25) is 0 Å². The molecule has 1 aromatic rings. The highest BCUT2D eigenvalue weighted by atomic mass is 79.9. The molecule has 0 saturated carbocycles. The van der Waals surface area contributed by atoms with Crippen LogP contribution in [0.4, 0.5) is 4.39 Å². The van der Waals surface area contributed by atoms with Gasteiger partial charge in [0.2, 0.25) is 0 Å². The highest BCUT2D eigenvalue weighted by Gasteiger charge is 2.31. The van der Waals surface area contributed by atoms with E-state index in [1.165, 1.54) is 18.2 Å². The zero-order chi connectivity index (χ0) is 13.3. The number of rotatable bonds is 1. The molecule has 5 heteroatoms. The molecule has 1 saturated heterocycles. The molecule has 1 aliphatic rings. The lowest BCUT2D eigenvalue weighted by atomic mass is 9.94. The van der Waals surface area contributed by atoms with Crippen molar-refractivity contribution in [3.8, 4) is 0 Å². The fourth-order valence-electron chi connectivity index (χ4n) is 2.23. The Labute approximate surface area is 114 Å². The first-order valence-electron chi connectivity index (χ1n) is 5.86. The van der Waals surface area contributed by atoms with Crippen molar-refractivity contribution in [2.45, 2.75) is 25.4 Å². The monoisotopic (exact) mass is 315 g/mol. The number of amides is 1. The Morgan fingerprint density at radius 3 is 2.89 bits per heavy atom. The van der Waals surface area contributed by atoms with Crippen molar-refractivity contribution in [1.82, 2.24) is 4.90 Å². The molecular weight excluding hydrogens is 301 g/mol. The van der Waals surface area contributed by atoms with Gasteiger partial charge < -0.3 is 10.0 Å². The maximum Gasteiger partial charge on any atom is 0.255 e. The Bertz CT molecular complexity index is 476. The first kappa shape index (κ1) is 13.5. The molecule has 1 heterocycles. The van der Waals surface area contributed by atoms with Gasteiger partial charge in [-0.05, 0) is 53.9 Å². The quantitative estimate of drug-likeness (QED) is 0.865. The molecular formula is C13H15BrFNO2. The summed E-state index contributed by atoms with van der Waals surface area (Å²) in [7, 11) is 0. The third-order valence-corrected chi connectivity index (χ3v) is 3.78. The summed E-state index contributed by atoms with van der Waals surface area (Å²) in [5, 5.41) is 9.99. The van der Waals surface area contributed by atoms with Gasteiger partial charge in [0.15, 0.2) is 0 Å². The van der Waals surface area contributed by atoms with E-state index in [0.29, 0.717) is 29.5 Å². The number of carbonyl (C=O) groups excluding carboxylic acids is 1. The molecule has 98 valence electrons. The first-order chi connectivity index (χ1) is 8.39. The number of halogens is 2. The van der Waals surface area contributed by atoms with Crippen LogP contribution in [0.5, 0.6) is 0 Å². The van der Waals surface area contributed by atoms with Crippen LogP contribution in [-0.4, -0.2) is 34.6 Å². The third-order valence-electron chi connectivity index (χ3n) is 3.12. The van der Waals surface area contributed by atoms with Crippen molar-refractivity contribution in [1.29, 1.82) is 0 Å². The lowest BCUT2D eigenvalue weighted by molar-refractivity contribution is -0.0107. The van der Waals surface area contributed by atoms with E-state index in [9.17, 15) is 14.3 Å². The number of carbonyl (C=O) groups is 1. The van der Waals surface area contributed by atoms with Crippen LogP contribution in [0.15, 0.2) is 22.7 Å². The van der Waals surface area contributed by atoms with Gasteiger partial charge in [0.1, 0.15) is 5.82 Å². The normalized spacial score (nSPS) is 24.1. The van der Waals surface area contributed by atoms with Gasteiger partial charge in [-0.1, -0.05) is 0 Å². The van der Waals surface area contributed by atoms with Gasteiger partial charge in [0.05, 0.1) is 11.2 Å². The Hall–Kier alpha value is -0.940. The SMILES string of the molecule is CC1(O)CCCN(C(=O)c2ccc(F)cc2Br)C1. The summed E-state index contributed by atoms with van der Waals surface area (Å²) in [6.07, 6.45) is 1.47. The van der Waals surface area contributed by atoms with E-state index in [0.717, 1.165) is 6.42 Å². The summed E-state index contributed by atoms with van der Waals surface area (Å²) >= 11 is 3.19. The molecule has 18 heavy (non-hydrogen) atoms. The predicted octanol–water partition coefficient (Wildman–Crippen LogP) is 2.58. The van der Waals surface area contributed by atoms with Crippen molar-refractivity contribution >= 4 is 21.8 Å². The van der Waals surface area contributed by atoms with E-state index in [1.807, 2.05) is 0 Å². The lowest BCUT2D eigenvalue weighted by Gasteiger charge is -2.37. The number of β-amino-alcohol motifs (C(OH)–C–C–N with tert-alkyl or cyclic N) is 1. The molecule has 0 aliphatic carbocycles. The molecule has 3 nitrogen and oxygen atoms in total. The second-order valence-electron chi connectivity index (χ2n) is 4.95. The number of piperidine rings is 1. The number of hydrogen-bond donors (Lipinski definition) is 1. The van der Waals surface area contributed by atoms with E-state index in [4.69, 9.17) is 0 Å². The van der Waals surface area contributed by atoms with Gasteiger partial charge in [-0.25, -0.2) is 4.39 Å². The van der Waals surface area contributed by atoms with E-state index in [1.54, 1.807) is 11.8 Å². The second-order valence-corrected chi connectivity index (χ2v) is 5.81. The Morgan fingerprint density at radius 1 is 1.56 bits per heavy atom. The summed E-state index contributed by atoms with van der Waals surface area (Å²) in [5.41, 5.74) is -0.408. The molecule has 2 rings (SSSR count). The second kappa shape index (κ2) is 4.97.